The van der Waals surface area contributed by atoms with Crippen molar-refractivity contribution in [2.45, 2.75) is 211 Å². The minimum Gasteiger partial charge on any atom is -0.394 e. The third-order valence-corrected chi connectivity index (χ3v) is 9.83. The molecule has 1 heterocycles. The number of carbonyl (C=O) groups excluding carboxylic acids is 1. The van der Waals surface area contributed by atoms with Gasteiger partial charge in [-0.25, -0.2) is 0 Å². The van der Waals surface area contributed by atoms with Gasteiger partial charge in [0.1, 0.15) is 24.4 Å². The van der Waals surface area contributed by atoms with Gasteiger partial charge in [0.25, 0.3) is 0 Å². The lowest BCUT2D eigenvalue weighted by molar-refractivity contribution is -0.302. The van der Waals surface area contributed by atoms with Gasteiger partial charge in [-0.1, -0.05) is 146 Å². The lowest BCUT2D eigenvalue weighted by atomic mass is 9.99. The zero-order valence-corrected chi connectivity index (χ0v) is 33.5. The molecular weight excluding hydrogens is 670 g/mol. The van der Waals surface area contributed by atoms with Gasteiger partial charge in [-0.15, -0.1) is 0 Å². The normalized spacial score (nSPS) is 22.1. The van der Waals surface area contributed by atoms with Gasteiger partial charge in [0.05, 0.1) is 25.4 Å². The van der Waals surface area contributed by atoms with Crippen LogP contribution in [0, 0.1) is 0 Å². The van der Waals surface area contributed by atoms with Crippen LogP contribution in [0.3, 0.4) is 0 Å². The van der Waals surface area contributed by atoms with Crippen molar-refractivity contribution in [3.05, 3.63) is 48.6 Å². The number of allylic oxidation sites excluding steroid dienone is 7. The summed E-state index contributed by atoms with van der Waals surface area (Å²) in [5.41, 5.74) is 0. The number of amides is 1. The lowest BCUT2D eigenvalue weighted by Gasteiger charge is -2.40. The fourth-order valence-corrected chi connectivity index (χ4v) is 6.36. The zero-order chi connectivity index (χ0) is 38.8. The molecule has 1 amide bonds. The van der Waals surface area contributed by atoms with E-state index in [4.69, 9.17) is 9.47 Å². The van der Waals surface area contributed by atoms with Gasteiger partial charge in [-0.05, 0) is 64.2 Å². The van der Waals surface area contributed by atoms with Gasteiger partial charge >= 0.3 is 0 Å². The predicted molar refractivity (Wildman–Crippen MR) is 216 cm³/mol. The van der Waals surface area contributed by atoms with Crippen LogP contribution in [0.15, 0.2) is 48.6 Å². The van der Waals surface area contributed by atoms with E-state index < -0.39 is 49.5 Å². The Morgan fingerprint density at radius 1 is 0.623 bits per heavy atom. The van der Waals surface area contributed by atoms with E-state index in [9.17, 15) is 30.3 Å². The molecule has 0 spiro atoms. The first-order valence-corrected chi connectivity index (χ1v) is 21.4. The summed E-state index contributed by atoms with van der Waals surface area (Å²) in [5.74, 6) is -0.206. The summed E-state index contributed by atoms with van der Waals surface area (Å²) < 4.78 is 11.1. The molecule has 0 saturated carbocycles. The molecule has 9 heteroatoms. The van der Waals surface area contributed by atoms with Crippen LogP contribution in [-0.2, 0) is 14.3 Å². The van der Waals surface area contributed by atoms with Gasteiger partial charge in [-0.2, -0.15) is 0 Å². The maximum Gasteiger partial charge on any atom is 0.220 e. The predicted octanol–water partition coefficient (Wildman–Crippen LogP) is 8.28. The third-order valence-electron chi connectivity index (χ3n) is 9.83. The van der Waals surface area contributed by atoms with Crippen molar-refractivity contribution in [1.82, 2.24) is 5.32 Å². The van der Waals surface area contributed by atoms with Crippen LogP contribution in [0.1, 0.15) is 168 Å². The molecule has 0 bridgehead atoms. The highest BCUT2D eigenvalue weighted by atomic mass is 16.7. The number of hydrogen-bond donors (Lipinski definition) is 6. The van der Waals surface area contributed by atoms with E-state index in [-0.39, 0.29) is 12.5 Å². The van der Waals surface area contributed by atoms with Gasteiger partial charge < -0.3 is 40.3 Å². The van der Waals surface area contributed by atoms with Crippen molar-refractivity contribution in [2.24, 2.45) is 0 Å². The molecule has 308 valence electrons. The number of hydrogen-bond acceptors (Lipinski definition) is 8. The highest BCUT2D eigenvalue weighted by Crippen LogP contribution is 2.22. The topological polar surface area (TPSA) is 149 Å². The van der Waals surface area contributed by atoms with E-state index in [1.165, 1.54) is 77.0 Å². The van der Waals surface area contributed by atoms with Crippen molar-refractivity contribution in [1.29, 1.82) is 0 Å². The van der Waals surface area contributed by atoms with E-state index in [1.54, 1.807) is 6.08 Å². The SMILES string of the molecule is CCC/C=C\CCCCCCCC(=O)NC(COC1OC(CO)C(O)C(O)C1O)C(O)/C=C/CC/C=C/CC/C=C/CCCCCCCCCCCC. The van der Waals surface area contributed by atoms with Crippen LogP contribution in [0.5, 0.6) is 0 Å². The summed E-state index contributed by atoms with van der Waals surface area (Å²) >= 11 is 0. The Bertz CT molecular complexity index is 967. The zero-order valence-electron chi connectivity index (χ0n) is 33.5. The monoisotopic (exact) mass is 750 g/mol. The summed E-state index contributed by atoms with van der Waals surface area (Å²) in [6, 6.07) is -0.830. The summed E-state index contributed by atoms with van der Waals surface area (Å²) in [5, 5.41) is 53.9. The van der Waals surface area contributed by atoms with Gasteiger partial charge in [-0.3, -0.25) is 4.79 Å². The van der Waals surface area contributed by atoms with E-state index in [0.717, 1.165) is 70.6 Å². The highest BCUT2D eigenvalue weighted by molar-refractivity contribution is 5.76. The second-order valence-corrected chi connectivity index (χ2v) is 14.8. The number of nitrogens with one attached hydrogen (secondary N) is 1. The quantitative estimate of drug-likeness (QED) is 0.0285. The molecule has 0 aromatic rings. The summed E-state index contributed by atoms with van der Waals surface area (Å²) in [6.07, 6.45) is 35.9. The first-order valence-electron chi connectivity index (χ1n) is 21.4. The number of aliphatic hydroxyl groups excluding tert-OH is 5. The largest absolute Gasteiger partial charge is 0.394 e. The van der Waals surface area contributed by atoms with E-state index in [2.05, 4.69) is 55.6 Å². The average molecular weight is 750 g/mol. The highest BCUT2D eigenvalue weighted by Gasteiger charge is 2.44. The minimum absolute atomic E-state index is 0.206. The molecule has 53 heavy (non-hydrogen) atoms. The maximum absolute atomic E-state index is 12.8. The lowest BCUT2D eigenvalue weighted by Crippen LogP contribution is -2.60. The third kappa shape index (κ3) is 25.8. The Morgan fingerprint density at radius 2 is 1.11 bits per heavy atom. The first-order chi connectivity index (χ1) is 25.8. The second kappa shape index (κ2) is 34.6. The Hall–Kier alpha value is -1.85. The van der Waals surface area contributed by atoms with Crippen molar-refractivity contribution < 1.29 is 39.8 Å². The Kier molecular flexibility index (Phi) is 32.1. The second-order valence-electron chi connectivity index (χ2n) is 14.8. The van der Waals surface area contributed by atoms with Gasteiger partial charge in [0.2, 0.25) is 5.91 Å². The molecule has 6 N–H and O–H groups in total. The van der Waals surface area contributed by atoms with Crippen LogP contribution in [-0.4, -0.2) is 87.5 Å². The molecule has 0 aliphatic carbocycles. The van der Waals surface area contributed by atoms with Gasteiger partial charge in [0, 0.05) is 6.42 Å². The summed E-state index contributed by atoms with van der Waals surface area (Å²) in [7, 11) is 0. The maximum atomic E-state index is 12.8. The average Bonchev–Trinajstić information content (AvgIpc) is 3.16. The Balaban J connectivity index is 2.42. The van der Waals surface area contributed by atoms with E-state index in [1.807, 2.05) is 6.08 Å². The number of unbranched alkanes of at least 4 members (excludes halogenated alkanes) is 18. The molecule has 9 nitrogen and oxygen atoms in total. The smallest absolute Gasteiger partial charge is 0.220 e. The molecule has 0 aromatic heterocycles. The van der Waals surface area contributed by atoms with Crippen molar-refractivity contribution in [2.75, 3.05) is 13.2 Å². The number of ether oxygens (including phenoxy) is 2. The molecule has 1 aliphatic rings. The molecule has 0 radical (unpaired) electrons. The van der Waals surface area contributed by atoms with Crippen molar-refractivity contribution in [3.8, 4) is 0 Å². The number of rotatable bonds is 34. The van der Waals surface area contributed by atoms with Gasteiger partial charge in [0.15, 0.2) is 6.29 Å². The van der Waals surface area contributed by atoms with Crippen LogP contribution in [0.2, 0.25) is 0 Å². The molecule has 7 atom stereocenters. The Labute approximate surface area is 323 Å². The van der Waals surface area contributed by atoms with E-state index in [0.29, 0.717) is 6.42 Å². The molecule has 1 aliphatic heterocycles. The standard InChI is InChI=1S/C44H79NO8/c1-3-5-7-9-11-13-15-16-17-18-19-20-21-22-23-24-25-27-29-31-33-38(47)37(36-52-44-43(51)42(50)41(49)39(35-46)53-44)45-40(48)34-32-30-28-26-14-12-10-8-6-4-2/h8,10,20-21,24-25,31,33,37-39,41-44,46-47,49-51H,3-7,9,11-19,22-23,26-30,32,34-36H2,1-2H3,(H,45,48)/b10-8-,21-20+,25-24+,33-31+. The molecule has 1 saturated heterocycles. The van der Waals surface area contributed by atoms with Crippen LogP contribution in [0.4, 0.5) is 0 Å². The van der Waals surface area contributed by atoms with Crippen molar-refractivity contribution >= 4 is 5.91 Å². The minimum atomic E-state index is -1.57. The molecule has 7 unspecified atom stereocenters. The van der Waals surface area contributed by atoms with Crippen LogP contribution >= 0.6 is 0 Å². The molecular formula is C44H79NO8. The van der Waals surface area contributed by atoms with E-state index >= 15 is 0 Å². The first kappa shape index (κ1) is 49.2. The fraction of sp³-hybridized carbons (Fsp3) is 0.795. The molecule has 0 aromatic carbocycles. The molecule has 1 rings (SSSR count). The Morgan fingerprint density at radius 3 is 1.66 bits per heavy atom. The number of carbonyl (C=O) groups is 1. The summed E-state index contributed by atoms with van der Waals surface area (Å²) in [6.45, 7) is 3.66. The summed E-state index contributed by atoms with van der Waals surface area (Å²) in [4.78, 5) is 12.8. The van der Waals surface area contributed by atoms with Crippen LogP contribution < -0.4 is 5.32 Å². The number of aliphatic hydroxyl groups is 5. The molecule has 1 fully saturated rings. The van der Waals surface area contributed by atoms with Crippen molar-refractivity contribution in [3.63, 3.8) is 0 Å². The fourth-order valence-electron chi connectivity index (χ4n) is 6.36. The van der Waals surface area contributed by atoms with Crippen LogP contribution in [0.25, 0.3) is 0 Å².